The largest absolute Gasteiger partial charge is 0.497 e. The Labute approximate surface area is 155 Å². The van der Waals surface area contributed by atoms with Gasteiger partial charge in [0.25, 0.3) is 0 Å². The fraction of sp³-hybridized carbons (Fsp3) is 0.474. The van der Waals surface area contributed by atoms with Crippen LogP contribution < -0.4 is 20.6 Å². The van der Waals surface area contributed by atoms with Gasteiger partial charge in [-0.2, -0.15) is 5.10 Å². The van der Waals surface area contributed by atoms with Crippen molar-refractivity contribution >= 4 is 12.6 Å². The zero-order valence-electron chi connectivity index (χ0n) is 16.0. The lowest BCUT2D eigenvalue weighted by atomic mass is 10.1. The van der Waals surface area contributed by atoms with E-state index in [0.29, 0.717) is 18.2 Å². The van der Waals surface area contributed by atoms with Crippen LogP contribution in [-0.4, -0.2) is 39.9 Å². The highest BCUT2D eigenvalue weighted by Gasteiger charge is 2.09. The number of hydrogen-bond donors (Lipinski definition) is 2. The van der Waals surface area contributed by atoms with E-state index < -0.39 is 0 Å². The zero-order chi connectivity index (χ0) is 19.2. The van der Waals surface area contributed by atoms with Gasteiger partial charge in [-0.25, -0.2) is 0 Å². The molecule has 0 spiro atoms. The summed E-state index contributed by atoms with van der Waals surface area (Å²) < 4.78 is 16.5. The molecule has 3 N–H and O–H groups in total. The SMILES string of the molecule is C=N/C=C(OCCCc1cc(OC)ccc1OC)\C(=N/N)NCCCC. The van der Waals surface area contributed by atoms with Gasteiger partial charge in [0.15, 0.2) is 11.6 Å². The number of hydrazone groups is 1. The summed E-state index contributed by atoms with van der Waals surface area (Å²) >= 11 is 0. The van der Waals surface area contributed by atoms with Gasteiger partial charge in [0.2, 0.25) is 0 Å². The Balaban J connectivity index is 2.61. The monoisotopic (exact) mass is 362 g/mol. The van der Waals surface area contributed by atoms with E-state index in [4.69, 9.17) is 20.1 Å². The highest BCUT2D eigenvalue weighted by atomic mass is 16.5. The van der Waals surface area contributed by atoms with Crippen molar-refractivity contribution in [3.63, 3.8) is 0 Å². The van der Waals surface area contributed by atoms with Crippen molar-refractivity contribution in [3.05, 3.63) is 35.7 Å². The van der Waals surface area contributed by atoms with Gasteiger partial charge in [-0.3, -0.25) is 4.99 Å². The Morgan fingerprint density at radius 3 is 2.69 bits per heavy atom. The molecule has 0 aliphatic rings. The minimum absolute atomic E-state index is 0.477. The first-order chi connectivity index (χ1) is 12.7. The van der Waals surface area contributed by atoms with Gasteiger partial charge in [0.1, 0.15) is 11.5 Å². The Morgan fingerprint density at radius 1 is 1.27 bits per heavy atom. The highest BCUT2D eigenvalue weighted by molar-refractivity contribution is 5.96. The first kappa shape index (κ1) is 21.3. The Morgan fingerprint density at radius 2 is 2.08 bits per heavy atom. The number of benzene rings is 1. The second-order valence-electron chi connectivity index (χ2n) is 5.56. The number of aliphatic imine (C=N–C) groups is 1. The normalized spacial score (nSPS) is 11.8. The molecule has 0 aliphatic carbocycles. The Kier molecular flexibility index (Phi) is 10.4. The number of methoxy groups -OCH3 is 2. The van der Waals surface area contributed by atoms with Crippen molar-refractivity contribution in [2.24, 2.45) is 15.9 Å². The summed E-state index contributed by atoms with van der Waals surface area (Å²) in [6.45, 7) is 6.84. The van der Waals surface area contributed by atoms with Crippen molar-refractivity contribution < 1.29 is 14.2 Å². The number of rotatable bonds is 12. The summed E-state index contributed by atoms with van der Waals surface area (Å²) in [6, 6.07) is 5.75. The lowest BCUT2D eigenvalue weighted by molar-refractivity contribution is 0.224. The molecule has 0 heterocycles. The summed E-state index contributed by atoms with van der Waals surface area (Å²) in [7, 11) is 3.30. The van der Waals surface area contributed by atoms with E-state index in [1.807, 2.05) is 18.2 Å². The molecule has 1 aromatic rings. The molecule has 0 aliphatic heterocycles. The van der Waals surface area contributed by atoms with E-state index in [1.165, 1.54) is 6.20 Å². The molecule has 7 nitrogen and oxygen atoms in total. The van der Waals surface area contributed by atoms with Gasteiger partial charge in [-0.15, -0.1) is 0 Å². The van der Waals surface area contributed by atoms with Crippen molar-refractivity contribution in [2.45, 2.75) is 32.6 Å². The minimum Gasteiger partial charge on any atom is -0.497 e. The molecule has 0 saturated heterocycles. The number of aryl methyl sites for hydroxylation is 1. The number of hydrogen-bond acceptors (Lipinski definition) is 6. The maximum absolute atomic E-state index is 5.80. The van der Waals surface area contributed by atoms with Crippen LogP contribution >= 0.6 is 0 Å². The van der Waals surface area contributed by atoms with Gasteiger partial charge in [0, 0.05) is 6.54 Å². The third-order valence-corrected chi connectivity index (χ3v) is 3.73. The molecular formula is C19H30N4O3. The number of nitrogens with one attached hydrogen (secondary N) is 1. The summed E-state index contributed by atoms with van der Waals surface area (Å²) in [5, 5.41) is 6.91. The standard InChI is InChI=1S/C19H30N4O3/c1-5-6-11-22-19(23-20)18(14-21-2)26-12-7-8-15-13-16(24-3)9-10-17(15)25-4/h9-10,13-14H,2,5-8,11-12,20H2,1,3-4H3,(H,22,23)/b18-14+. The molecule has 0 fully saturated rings. The maximum atomic E-state index is 5.80. The van der Waals surface area contributed by atoms with E-state index in [9.17, 15) is 0 Å². The first-order valence-electron chi connectivity index (χ1n) is 8.71. The van der Waals surface area contributed by atoms with Crippen LogP contribution in [-0.2, 0) is 11.2 Å². The van der Waals surface area contributed by atoms with E-state index in [1.54, 1.807) is 14.2 Å². The second-order valence-corrected chi connectivity index (χ2v) is 5.56. The molecule has 0 amide bonds. The van der Waals surface area contributed by atoms with E-state index >= 15 is 0 Å². The van der Waals surface area contributed by atoms with Crippen LogP contribution in [0.25, 0.3) is 0 Å². The van der Waals surface area contributed by atoms with E-state index in [0.717, 1.165) is 49.3 Å². The smallest absolute Gasteiger partial charge is 0.189 e. The maximum Gasteiger partial charge on any atom is 0.189 e. The van der Waals surface area contributed by atoms with Crippen LogP contribution in [0.5, 0.6) is 11.5 Å². The van der Waals surface area contributed by atoms with Crippen LogP contribution in [0.3, 0.4) is 0 Å². The average Bonchev–Trinajstić information content (AvgIpc) is 2.67. The third kappa shape index (κ3) is 7.04. The number of nitrogens with zero attached hydrogens (tertiary/aromatic N) is 2. The van der Waals surface area contributed by atoms with Gasteiger partial charge < -0.3 is 25.4 Å². The first-order valence-corrected chi connectivity index (χ1v) is 8.71. The molecule has 144 valence electrons. The molecule has 0 radical (unpaired) electrons. The molecule has 1 aromatic carbocycles. The third-order valence-electron chi connectivity index (χ3n) is 3.73. The lowest BCUT2D eigenvalue weighted by Gasteiger charge is -2.14. The quantitative estimate of drug-likeness (QED) is 0.149. The van der Waals surface area contributed by atoms with Crippen molar-refractivity contribution in [2.75, 3.05) is 27.4 Å². The van der Waals surface area contributed by atoms with Gasteiger partial charge in [0.05, 0.1) is 27.0 Å². The number of nitrogens with two attached hydrogens (primary N) is 1. The topological polar surface area (TPSA) is 90.5 Å². The summed E-state index contributed by atoms with van der Waals surface area (Å²) in [5.41, 5.74) is 1.07. The second kappa shape index (κ2) is 12.6. The zero-order valence-corrected chi connectivity index (χ0v) is 16.0. The number of unbranched alkanes of at least 4 members (excludes halogenated alkanes) is 1. The van der Waals surface area contributed by atoms with Crippen LogP contribution in [0.4, 0.5) is 0 Å². The van der Waals surface area contributed by atoms with Gasteiger partial charge in [-0.05, 0) is 49.7 Å². The van der Waals surface area contributed by atoms with Gasteiger partial charge in [-0.1, -0.05) is 13.3 Å². The molecule has 7 heteroatoms. The van der Waals surface area contributed by atoms with E-state index in [-0.39, 0.29) is 0 Å². The number of ether oxygens (including phenoxy) is 3. The summed E-state index contributed by atoms with van der Waals surface area (Å²) in [4.78, 5) is 3.77. The molecule has 0 bridgehead atoms. The van der Waals surface area contributed by atoms with Gasteiger partial charge >= 0.3 is 0 Å². The van der Waals surface area contributed by atoms with Crippen LogP contribution in [0, 0.1) is 0 Å². The van der Waals surface area contributed by atoms with Crippen molar-refractivity contribution in [1.82, 2.24) is 5.32 Å². The molecule has 26 heavy (non-hydrogen) atoms. The summed E-state index contributed by atoms with van der Waals surface area (Å²) in [6.07, 6.45) is 5.17. The molecule has 1 rings (SSSR count). The van der Waals surface area contributed by atoms with Crippen LogP contribution in [0.1, 0.15) is 31.7 Å². The predicted molar refractivity (Wildman–Crippen MR) is 106 cm³/mol. The number of amidine groups is 1. The van der Waals surface area contributed by atoms with Crippen LogP contribution in [0.15, 0.2) is 40.3 Å². The van der Waals surface area contributed by atoms with Crippen molar-refractivity contribution in [1.29, 1.82) is 0 Å². The minimum atomic E-state index is 0.477. The Bertz CT molecular complexity index is 615. The fourth-order valence-corrected chi connectivity index (χ4v) is 2.35. The molecule has 0 saturated carbocycles. The average molecular weight is 362 g/mol. The molecule has 0 unspecified atom stereocenters. The molecule has 0 aromatic heterocycles. The summed E-state index contributed by atoms with van der Waals surface area (Å²) in [5.74, 6) is 8.06. The van der Waals surface area contributed by atoms with Crippen LogP contribution in [0.2, 0.25) is 0 Å². The van der Waals surface area contributed by atoms with E-state index in [2.05, 4.69) is 29.1 Å². The fourth-order valence-electron chi connectivity index (χ4n) is 2.35. The predicted octanol–water partition coefficient (Wildman–Crippen LogP) is 2.86. The Hall–Kier alpha value is -2.70. The highest BCUT2D eigenvalue weighted by Crippen LogP contribution is 2.25. The molecule has 0 atom stereocenters. The van der Waals surface area contributed by atoms with Crippen molar-refractivity contribution in [3.8, 4) is 11.5 Å². The lowest BCUT2D eigenvalue weighted by Crippen LogP contribution is -2.29. The molecular weight excluding hydrogens is 332 g/mol.